The van der Waals surface area contributed by atoms with Crippen molar-refractivity contribution < 1.29 is 13.2 Å². The number of likely N-dealkylation sites (tertiary alicyclic amines) is 1. The molecule has 1 N–H and O–H groups in total. The van der Waals surface area contributed by atoms with Gasteiger partial charge in [-0.15, -0.1) is 0 Å². The van der Waals surface area contributed by atoms with Crippen LogP contribution in [-0.2, 0) is 20.2 Å². The molecule has 1 amide bonds. The number of rotatable bonds is 4. The zero-order valence-electron chi connectivity index (χ0n) is 15.9. The van der Waals surface area contributed by atoms with Crippen LogP contribution in [0.1, 0.15) is 46.6 Å². The summed E-state index contributed by atoms with van der Waals surface area (Å²) in [6.07, 6.45) is 1.11. The van der Waals surface area contributed by atoms with Crippen LogP contribution in [0.25, 0.3) is 0 Å². The predicted molar refractivity (Wildman–Crippen MR) is 99.9 cm³/mol. The summed E-state index contributed by atoms with van der Waals surface area (Å²) in [5.41, 5.74) is 1.03. The third-order valence-electron chi connectivity index (χ3n) is 4.67. The lowest BCUT2D eigenvalue weighted by atomic mass is 9.87. The highest BCUT2D eigenvalue weighted by atomic mass is 32.2. The van der Waals surface area contributed by atoms with Gasteiger partial charge in [-0.2, -0.15) is 0 Å². The van der Waals surface area contributed by atoms with Gasteiger partial charge >= 0.3 is 0 Å². The van der Waals surface area contributed by atoms with E-state index >= 15 is 0 Å². The second kappa shape index (κ2) is 7.46. The highest BCUT2D eigenvalue weighted by Crippen LogP contribution is 2.23. The van der Waals surface area contributed by atoms with Gasteiger partial charge in [-0.1, -0.05) is 46.8 Å². The van der Waals surface area contributed by atoms with Crippen LogP contribution in [0, 0.1) is 11.8 Å². The molecule has 0 saturated carbocycles. The van der Waals surface area contributed by atoms with Gasteiger partial charge in [0.05, 0.1) is 11.4 Å². The Hall–Kier alpha value is -1.40. The zero-order valence-corrected chi connectivity index (χ0v) is 16.7. The molecule has 140 valence electrons. The Morgan fingerprint density at radius 1 is 1.12 bits per heavy atom. The van der Waals surface area contributed by atoms with Crippen LogP contribution in [0.2, 0.25) is 0 Å². The molecule has 1 aromatic carbocycles. The van der Waals surface area contributed by atoms with Crippen molar-refractivity contribution in [2.45, 2.75) is 51.3 Å². The molecule has 0 aliphatic carbocycles. The maximum absolute atomic E-state index is 12.4. The van der Waals surface area contributed by atoms with Gasteiger partial charge in [0.25, 0.3) is 0 Å². The molecule has 0 aromatic heterocycles. The Morgan fingerprint density at radius 2 is 1.64 bits per heavy atom. The molecule has 2 unspecified atom stereocenters. The van der Waals surface area contributed by atoms with Crippen LogP contribution >= 0.6 is 0 Å². The Labute approximate surface area is 151 Å². The Balaban J connectivity index is 2.00. The van der Waals surface area contributed by atoms with Crippen molar-refractivity contribution in [1.82, 2.24) is 9.62 Å². The molecule has 0 bridgehead atoms. The number of hydrogen-bond acceptors (Lipinski definition) is 3. The summed E-state index contributed by atoms with van der Waals surface area (Å²) >= 11 is 0. The van der Waals surface area contributed by atoms with E-state index in [1.54, 1.807) is 17.0 Å². The van der Waals surface area contributed by atoms with Crippen LogP contribution in [0.5, 0.6) is 0 Å². The molecule has 1 aliphatic heterocycles. The Morgan fingerprint density at radius 3 is 2.12 bits per heavy atom. The first-order valence-corrected chi connectivity index (χ1v) is 10.4. The maximum Gasteiger partial charge on any atom is 0.241 e. The summed E-state index contributed by atoms with van der Waals surface area (Å²) in [6, 6.07) is 6.84. The van der Waals surface area contributed by atoms with E-state index in [0.29, 0.717) is 24.9 Å². The number of nitrogens with one attached hydrogen (secondary N) is 1. The van der Waals surface area contributed by atoms with Gasteiger partial charge in [0.1, 0.15) is 0 Å². The van der Waals surface area contributed by atoms with Crippen LogP contribution < -0.4 is 4.72 Å². The molecule has 1 heterocycles. The molecule has 5 nitrogen and oxygen atoms in total. The molecule has 25 heavy (non-hydrogen) atoms. The summed E-state index contributed by atoms with van der Waals surface area (Å²) in [7, 11) is -3.68. The van der Waals surface area contributed by atoms with E-state index in [1.807, 2.05) is 12.1 Å². The van der Waals surface area contributed by atoms with Crippen molar-refractivity contribution in [3.63, 3.8) is 0 Å². The lowest BCUT2D eigenvalue weighted by Gasteiger charge is -2.35. The second-order valence-corrected chi connectivity index (χ2v) is 10.1. The van der Waals surface area contributed by atoms with Gasteiger partial charge < -0.3 is 4.90 Å². The quantitative estimate of drug-likeness (QED) is 0.891. The van der Waals surface area contributed by atoms with Crippen molar-refractivity contribution in [2.75, 3.05) is 19.6 Å². The third kappa shape index (κ3) is 5.28. The fourth-order valence-electron chi connectivity index (χ4n) is 3.35. The third-order valence-corrected chi connectivity index (χ3v) is 6.08. The highest BCUT2D eigenvalue weighted by molar-refractivity contribution is 7.89. The first-order valence-electron chi connectivity index (χ1n) is 8.87. The highest BCUT2D eigenvalue weighted by Gasteiger charge is 2.26. The average Bonchev–Trinajstić information content (AvgIpc) is 2.51. The number of nitrogens with zero attached hydrogens (tertiary/aromatic N) is 1. The summed E-state index contributed by atoms with van der Waals surface area (Å²) in [5.74, 6) is 0.747. The van der Waals surface area contributed by atoms with Crippen molar-refractivity contribution in [2.24, 2.45) is 11.8 Å². The molecule has 1 fully saturated rings. The van der Waals surface area contributed by atoms with E-state index in [0.717, 1.165) is 12.0 Å². The van der Waals surface area contributed by atoms with Gasteiger partial charge in [-0.25, -0.2) is 13.1 Å². The minimum atomic E-state index is -3.68. The summed E-state index contributed by atoms with van der Waals surface area (Å²) in [4.78, 5) is 14.3. The SMILES string of the molecule is CC1CC(C)CN(C(=O)CNS(=O)(=O)c2ccc(C(C)(C)C)cc2)C1. The van der Waals surface area contributed by atoms with Crippen molar-refractivity contribution >= 4 is 15.9 Å². The molecule has 1 aliphatic rings. The Bertz CT molecular complexity index is 695. The number of hydrogen-bond donors (Lipinski definition) is 1. The van der Waals surface area contributed by atoms with Crippen molar-refractivity contribution in [1.29, 1.82) is 0 Å². The fourth-order valence-corrected chi connectivity index (χ4v) is 4.33. The lowest BCUT2D eigenvalue weighted by molar-refractivity contribution is -0.132. The molecule has 1 saturated heterocycles. The lowest BCUT2D eigenvalue weighted by Crippen LogP contribution is -2.46. The van der Waals surface area contributed by atoms with Crippen molar-refractivity contribution in [3.8, 4) is 0 Å². The summed E-state index contributed by atoms with van der Waals surface area (Å²) in [6.45, 7) is 11.7. The number of carbonyl (C=O) groups is 1. The van der Waals surface area contributed by atoms with Crippen molar-refractivity contribution in [3.05, 3.63) is 29.8 Å². The smallest absolute Gasteiger partial charge is 0.241 e. The number of carbonyl (C=O) groups excluding carboxylic acids is 1. The van der Waals surface area contributed by atoms with E-state index in [4.69, 9.17) is 0 Å². The van der Waals surface area contributed by atoms with Gasteiger partial charge in [0, 0.05) is 13.1 Å². The molecular weight excluding hydrogens is 336 g/mol. The number of amides is 1. The van der Waals surface area contributed by atoms with Crippen LogP contribution in [0.4, 0.5) is 0 Å². The van der Waals surface area contributed by atoms with Gasteiger partial charge in [0.15, 0.2) is 0 Å². The summed E-state index contributed by atoms with van der Waals surface area (Å²) in [5, 5.41) is 0. The minimum Gasteiger partial charge on any atom is -0.341 e. The average molecular weight is 367 g/mol. The second-order valence-electron chi connectivity index (χ2n) is 8.34. The number of sulfonamides is 1. The molecule has 2 atom stereocenters. The largest absolute Gasteiger partial charge is 0.341 e. The molecular formula is C19H30N2O3S. The van der Waals surface area contributed by atoms with Crippen LogP contribution in [0.15, 0.2) is 29.2 Å². The monoisotopic (exact) mass is 366 g/mol. The van der Waals surface area contributed by atoms with E-state index in [2.05, 4.69) is 39.3 Å². The van der Waals surface area contributed by atoms with Gasteiger partial charge in [-0.3, -0.25) is 4.79 Å². The molecule has 0 spiro atoms. The standard InChI is InChI=1S/C19H30N2O3S/c1-14-10-15(2)13-21(12-14)18(22)11-20-25(23,24)17-8-6-16(7-9-17)19(3,4)5/h6-9,14-15,20H,10-13H2,1-5H3. The molecule has 1 aromatic rings. The normalized spacial score (nSPS) is 22.0. The number of benzene rings is 1. The van der Waals surface area contributed by atoms with Crippen LogP contribution in [-0.4, -0.2) is 38.9 Å². The topological polar surface area (TPSA) is 66.5 Å². The van der Waals surface area contributed by atoms with E-state index in [-0.39, 0.29) is 22.8 Å². The maximum atomic E-state index is 12.4. The van der Waals surface area contributed by atoms with E-state index in [1.165, 1.54) is 0 Å². The minimum absolute atomic E-state index is 0.0344. The van der Waals surface area contributed by atoms with Gasteiger partial charge in [-0.05, 0) is 41.4 Å². The Kier molecular flexibility index (Phi) is 5.94. The van der Waals surface area contributed by atoms with Gasteiger partial charge in [0.2, 0.25) is 15.9 Å². The van der Waals surface area contributed by atoms with E-state index < -0.39 is 10.0 Å². The van der Waals surface area contributed by atoms with E-state index in [9.17, 15) is 13.2 Å². The first kappa shape index (κ1) is 19.9. The number of piperidine rings is 1. The molecule has 6 heteroatoms. The first-order chi connectivity index (χ1) is 11.5. The fraction of sp³-hybridized carbons (Fsp3) is 0.632. The van der Waals surface area contributed by atoms with Crippen LogP contribution in [0.3, 0.4) is 0 Å². The zero-order chi connectivity index (χ0) is 18.8. The summed E-state index contributed by atoms with van der Waals surface area (Å²) < 4.78 is 27.3. The predicted octanol–water partition coefficient (Wildman–Crippen LogP) is 2.77. The molecule has 2 rings (SSSR count). The molecule has 0 radical (unpaired) electrons.